The summed E-state index contributed by atoms with van der Waals surface area (Å²) in [6, 6.07) is 10.4. The highest BCUT2D eigenvalue weighted by atomic mass is 79.9. The van der Waals surface area contributed by atoms with Crippen LogP contribution in [0.4, 0.5) is 5.69 Å². The quantitative estimate of drug-likeness (QED) is 0.512. The van der Waals surface area contributed by atoms with Crippen LogP contribution >= 0.6 is 39.0 Å². The summed E-state index contributed by atoms with van der Waals surface area (Å²) in [5.41, 5.74) is 11.8. The molecule has 154 valence electrons. The molecule has 0 saturated carbocycles. The van der Waals surface area contributed by atoms with Gasteiger partial charge in [0.05, 0.1) is 27.5 Å². The number of benzene rings is 1. The minimum absolute atomic E-state index is 0.118. The van der Waals surface area contributed by atoms with Gasteiger partial charge in [-0.25, -0.2) is 0 Å². The summed E-state index contributed by atoms with van der Waals surface area (Å²) < 4.78 is 2.02. The molecule has 2 heterocycles. The Bertz CT molecular complexity index is 1140. The van der Waals surface area contributed by atoms with Crippen LogP contribution in [0.15, 0.2) is 55.6 Å². The highest BCUT2D eigenvalue weighted by molar-refractivity contribution is 9.10. The second-order valence-corrected chi connectivity index (χ2v) is 10.7. The number of rotatable bonds is 3. The first kappa shape index (κ1) is 21.2. The van der Waals surface area contributed by atoms with Crippen LogP contribution in [-0.2, 0) is 4.79 Å². The van der Waals surface area contributed by atoms with Crippen LogP contribution in [0.1, 0.15) is 41.2 Å². The van der Waals surface area contributed by atoms with Crippen LogP contribution in [0.5, 0.6) is 0 Å². The van der Waals surface area contributed by atoms with Gasteiger partial charge in [0.25, 0.3) is 0 Å². The third-order valence-electron chi connectivity index (χ3n) is 5.67. The van der Waals surface area contributed by atoms with Crippen molar-refractivity contribution in [2.75, 3.05) is 11.2 Å². The number of hydrogen-bond acceptors (Lipinski definition) is 6. The molecule has 0 radical (unpaired) electrons. The maximum atomic E-state index is 13.3. The highest BCUT2D eigenvalue weighted by Crippen LogP contribution is 2.50. The van der Waals surface area contributed by atoms with Gasteiger partial charge < -0.3 is 5.73 Å². The number of anilines is 1. The van der Waals surface area contributed by atoms with Gasteiger partial charge in [-0.3, -0.25) is 9.69 Å². The van der Waals surface area contributed by atoms with Gasteiger partial charge in [0.15, 0.2) is 5.78 Å². The normalized spacial score (nSPS) is 19.2. The van der Waals surface area contributed by atoms with Crippen molar-refractivity contribution in [2.24, 2.45) is 5.73 Å². The summed E-state index contributed by atoms with van der Waals surface area (Å²) in [7, 11) is 0. The number of carbonyl (C=O) groups excluding carboxylic acids is 1. The van der Waals surface area contributed by atoms with Crippen LogP contribution in [0.3, 0.4) is 0 Å². The van der Waals surface area contributed by atoms with Gasteiger partial charge in [0.1, 0.15) is 5.82 Å². The zero-order valence-electron chi connectivity index (χ0n) is 17.1. The molecular weight excluding hydrogens is 478 g/mol. The summed E-state index contributed by atoms with van der Waals surface area (Å²) >= 11 is 7.01. The number of halogens is 1. The molecular formula is C23H22BrN3OS2. The van der Waals surface area contributed by atoms with Crippen LogP contribution < -0.4 is 10.6 Å². The van der Waals surface area contributed by atoms with E-state index in [4.69, 9.17) is 5.73 Å². The smallest absolute Gasteiger partial charge is 0.161 e. The number of ketones is 1. The molecule has 2 aromatic rings. The second kappa shape index (κ2) is 8.26. The van der Waals surface area contributed by atoms with Crippen molar-refractivity contribution in [2.45, 2.75) is 43.2 Å². The highest BCUT2D eigenvalue weighted by Gasteiger charge is 2.42. The molecule has 0 saturated heterocycles. The van der Waals surface area contributed by atoms with Crippen molar-refractivity contribution >= 4 is 50.5 Å². The maximum absolute atomic E-state index is 13.3. The van der Waals surface area contributed by atoms with E-state index in [9.17, 15) is 10.1 Å². The van der Waals surface area contributed by atoms with E-state index in [1.165, 1.54) is 4.88 Å². The minimum atomic E-state index is -0.399. The number of nitrogens with zero attached hydrogens (tertiary/aromatic N) is 2. The molecule has 0 unspecified atom stereocenters. The molecule has 0 fully saturated rings. The lowest BCUT2D eigenvalue weighted by Gasteiger charge is -2.40. The Morgan fingerprint density at radius 3 is 2.77 bits per heavy atom. The average Bonchev–Trinajstić information content (AvgIpc) is 3.09. The Morgan fingerprint density at radius 2 is 2.10 bits per heavy atom. The summed E-state index contributed by atoms with van der Waals surface area (Å²) in [5.74, 6) is 0.137. The third-order valence-corrected chi connectivity index (χ3v) is 8.53. The predicted octanol–water partition coefficient (Wildman–Crippen LogP) is 6.15. The van der Waals surface area contributed by atoms with Gasteiger partial charge in [0, 0.05) is 27.0 Å². The van der Waals surface area contributed by atoms with Gasteiger partial charge in [-0.1, -0.05) is 12.1 Å². The topological polar surface area (TPSA) is 70.1 Å². The van der Waals surface area contributed by atoms with Crippen LogP contribution in [0.2, 0.25) is 0 Å². The first-order chi connectivity index (χ1) is 14.4. The molecule has 1 aromatic carbocycles. The SMILES string of the molecule is CSc1sc(C)cc1[C@H]1C(C#N)=C(N)N(c2c(C)cccc2Br)C2=C1C(=O)CCC2. The molecule has 4 nitrogen and oxygen atoms in total. The van der Waals surface area contributed by atoms with Crippen LogP contribution in [0, 0.1) is 25.2 Å². The summed E-state index contributed by atoms with van der Waals surface area (Å²) in [6.07, 6.45) is 4.09. The Labute approximate surface area is 193 Å². The molecule has 1 aliphatic carbocycles. The van der Waals surface area contributed by atoms with E-state index in [1.807, 2.05) is 36.3 Å². The molecule has 0 bridgehead atoms. The Hall–Kier alpha value is -2.01. The van der Waals surface area contributed by atoms with Crippen LogP contribution in [0.25, 0.3) is 0 Å². The molecule has 7 heteroatoms. The van der Waals surface area contributed by atoms with E-state index in [0.29, 0.717) is 17.8 Å². The maximum Gasteiger partial charge on any atom is 0.161 e. The summed E-state index contributed by atoms with van der Waals surface area (Å²) in [4.78, 5) is 16.4. The Kier molecular flexibility index (Phi) is 5.84. The Morgan fingerprint density at radius 1 is 1.33 bits per heavy atom. The molecule has 0 amide bonds. The first-order valence-corrected chi connectivity index (χ1v) is 12.6. The minimum Gasteiger partial charge on any atom is -0.384 e. The molecule has 0 spiro atoms. The van der Waals surface area contributed by atoms with Gasteiger partial charge in [-0.05, 0) is 72.1 Å². The molecule has 1 aromatic heterocycles. The number of allylic oxidation sites excluding steroid dienone is 3. The first-order valence-electron chi connectivity index (χ1n) is 9.74. The van der Waals surface area contributed by atoms with E-state index in [1.54, 1.807) is 23.1 Å². The van der Waals surface area contributed by atoms with Crippen LogP contribution in [-0.4, -0.2) is 12.0 Å². The lowest BCUT2D eigenvalue weighted by molar-refractivity contribution is -0.116. The van der Waals surface area contributed by atoms with E-state index >= 15 is 0 Å². The van der Waals surface area contributed by atoms with E-state index < -0.39 is 5.92 Å². The number of carbonyl (C=O) groups is 1. The molecule has 4 rings (SSSR count). The molecule has 1 aliphatic heterocycles. The monoisotopic (exact) mass is 499 g/mol. The number of thiophene rings is 1. The Balaban J connectivity index is 2.04. The fourth-order valence-electron chi connectivity index (χ4n) is 4.43. The number of hydrogen-bond donors (Lipinski definition) is 1. The second-order valence-electron chi connectivity index (χ2n) is 7.53. The number of para-hydroxylation sites is 1. The van der Waals surface area contributed by atoms with Crippen molar-refractivity contribution in [3.8, 4) is 6.07 Å². The molecule has 30 heavy (non-hydrogen) atoms. The van der Waals surface area contributed by atoms with Gasteiger partial charge in [-0.2, -0.15) is 5.26 Å². The lowest BCUT2D eigenvalue weighted by atomic mass is 9.76. The number of nitrogens with two attached hydrogens (primary N) is 1. The number of thioether (sulfide) groups is 1. The van der Waals surface area contributed by atoms with E-state index in [-0.39, 0.29) is 5.78 Å². The van der Waals surface area contributed by atoms with Crippen molar-refractivity contribution in [3.63, 3.8) is 0 Å². The summed E-state index contributed by atoms with van der Waals surface area (Å²) in [6.45, 7) is 4.08. The van der Waals surface area contributed by atoms with Gasteiger partial charge in [-0.15, -0.1) is 23.1 Å². The van der Waals surface area contributed by atoms with Gasteiger partial charge >= 0.3 is 0 Å². The predicted molar refractivity (Wildman–Crippen MR) is 128 cm³/mol. The lowest BCUT2D eigenvalue weighted by Crippen LogP contribution is -2.39. The van der Waals surface area contributed by atoms with E-state index in [0.717, 1.165) is 49.6 Å². The van der Waals surface area contributed by atoms with Crippen molar-refractivity contribution in [1.82, 2.24) is 0 Å². The largest absolute Gasteiger partial charge is 0.384 e. The van der Waals surface area contributed by atoms with Gasteiger partial charge in [0.2, 0.25) is 0 Å². The summed E-state index contributed by atoms with van der Waals surface area (Å²) in [5, 5.41) is 10.2. The van der Waals surface area contributed by atoms with E-state index in [2.05, 4.69) is 35.0 Å². The van der Waals surface area contributed by atoms with Crippen molar-refractivity contribution < 1.29 is 4.79 Å². The molecule has 2 aliphatic rings. The third kappa shape index (κ3) is 3.31. The zero-order chi connectivity index (χ0) is 21.6. The molecule has 2 N–H and O–H groups in total. The fraction of sp³-hybridized carbons (Fsp3) is 0.304. The number of aryl methyl sites for hydroxylation is 2. The number of Topliss-reactive ketones (excluding diaryl/α,β-unsaturated/α-hetero) is 1. The van der Waals surface area contributed by atoms with Crippen molar-refractivity contribution in [1.29, 1.82) is 5.26 Å². The zero-order valence-corrected chi connectivity index (χ0v) is 20.3. The number of nitriles is 1. The molecule has 1 atom stereocenters. The average molecular weight is 500 g/mol. The fourth-order valence-corrected chi connectivity index (χ4v) is 6.99. The van der Waals surface area contributed by atoms with Crippen molar-refractivity contribution in [3.05, 3.63) is 67.4 Å². The standard InChI is InChI=1S/C23H22BrN3OS2/c1-12-6-4-7-16(24)21(12)27-17-8-5-9-18(28)20(17)19(15(11-25)22(27)26)14-10-13(2)30-23(14)29-3/h4,6-7,10,19H,5,8-9,26H2,1-3H3/t19-/m0/s1.